The van der Waals surface area contributed by atoms with Crippen molar-refractivity contribution in [3.63, 3.8) is 0 Å². The van der Waals surface area contributed by atoms with Gasteiger partial charge in [-0.15, -0.1) is 0 Å². The lowest BCUT2D eigenvalue weighted by Gasteiger charge is -2.11. The summed E-state index contributed by atoms with van der Waals surface area (Å²) in [6.07, 6.45) is 1.69. The molecule has 2 aromatic heterocycles. The fourth-order valence-electron chi connectivity index (χ4n) is 2.80. The van der Waals surface area contributed by atoms with Gasteiger partial charge in [-0.05, 0) is 6.92 Å². The number of hydrazone groups is 1. The molecule has 0 fully saturated rings. The zero-order valence-corrected chi connectivity index (χ0v) is 15.5. The zero-order chi connectivity index (χ0) is 18.7. The number of hydrogen-bond donors (Lipinski definition) is 2. The molecular formula is C16H21ClN8O. The van der Waals surface area contributed by atoms with Gasteiger partial charge in [0.05, 0.1) is 18.8 Å². The first-order valence-electron chi connectivity index (χ1n) is 8.33. The summed E-state index contributed by atoms with van der Waals surface area (Å²) < 4.78 is 6.47. The number of aromatic nitrogens is 3. The van der Waals surface area contributed by atoms with E-state index in [2.05, 4.69) is 26.6 Å². The van der Waals surface area contributed by atoms with Gasteiger partial charge in [-0.25, -0.2) is 4.98 Å². The van der Waals surface area contributed by atoms with E-state index in [1.807, 2.05) is 5.01 Å². The molecule has 1 aliphatic heterocycles. The van der Waals surface area contributed by atoms with Crippen LogP contribution in [0.2, 0.25) is 5.02 Å². The molecule has 3 rings (SSSR count). The van der Waals surface area contributed by atoms with Gasteiger partial charge in [0.2, 0.25) is 0 Å². The normalized spacial score (nSPS) is 13.9. The minimum absolute atomic E-state index is 0.221. The third kappa shape index (κ3) is 3.52. The van der Waals surface area contributed by atoms with Crippen LogP contribution in [-0.4, -0.2) is 58.7 Å². The average molecular weight is 377 g/mol. The summed E-state index contributed by atoms with van der Waals surface area (Å²) >= 11 is 6.23. The molecule has 0 aliphatic carbocycles. The second-order valence-corrected chi connectivity index (χ2v) is 6.38. The highest BCUT2D eigenvalue weighted by Gasteiger charge is 2.18. The van der Waals surface area contributed by atoms with Crippen molar-refractivity contribution in [3.8, 4) is 6.07 Å². The Kier molecular flexibility index (Phi) is 5.44. The van der Waals surface area contributed by atoms with Crippen LogP contribution in [-0.2, 0) is 4.74 Å². The predicted molar refractivity (Wildman–Crippen MR) is 100 cm³/mol. The molecule has 0 saturated carbocycles. The highest BCUT2D eigenvalue weighted by molar-refractivity contribution is 6.34. The number of nitrogens with one attached hydrogen (secondary N) is 1. The molecule has 0 radical (unpaired) electrons. The summed E-state index contributed by atoms with van der Waals surface area (Å²) in [4.78, 5) is 4.43. The van der Waals surface area contributed by atoms with Gasteiger partial charge in [0.15, 0.2) is 5.65 Å². The molecular weight excluding hydrogens is 356 g/mol. The fraction of sp³-hybridized carbons (Fsp3) is 0.500. The van der Waals surface area contributed by atoms with Crippen molar-refractivity contribution in [1.29, 1.82) is 5.26 Å². The van der Waals surface area contributed by atoms with Crippen molar-refractivity contribution in [2.24, 2.45) is 5.10 Å². The Bertz CT molecular complexity index is 885. The Balaban J connectivity index is 1.71. The number of anilines is 2. The van der Waals surface area contributed by atoms with E-state index < -0.39 is 0 Å². The van der Waals surface area contributed by atoms with E-state index in [1.54, 1.807) is 14.0 Å². The van der Waals surface area contributed by atoms with E-state index in [1.165, 1.54) is 4.52 Å². The van der Waals surface area contributed by atoms with Crippen LogP contribution in [0.15, 0.2) is 5.10 Å². The van der Waals surface area contributed by atoms with Crippen molar-refractivity contribution in [2.75, 3.05) is 44.4 Å². The maximum atomic E-state index is 9.44. The maximum Gasteiger partial charge on any atom is 0.178 e. The third-order valence-electron chi connectivity index (χ3n) is 4.22. The van der Waals surface area contributed by atoms with Crippen LogP contribution in [0.1, 0.15) is 24.1 Å². The molecule has 2 aromatic rings. The number of halogens is 1. The van der Waals surface area contributed by atoms with Crippen molar-refractivity contribution in [3.05, 3.63) is 16.3 Å². The minimum Gasteiger partial charge on any atom is -0.383 e. The molecule has 138 valence electrons. The molecule has 10 heteroatoms. The number of nitrogens with zero attached hydrogens (tertiary/aromatic N) is 6. The molecule has 0 saturated heterocycles. The van der Waals surface area contributed by atoms with Gasteiger partial charge in [0.1, 0.15) is 28.3 Å². The highest BCUT2D eigenvalue weighted by atomic mass is 35.5. The fourth-order valence-corrected chi connectivity index (χ4v) is 2.96. The predicted octanol–water partition coefficient (Wildman–Crippen LogP) is 1.66. The van der Waals surface area contributed by atoms with Crippen molar-refractivity contribution >= 4 is 34.6 Å². The first-order chi connectivity index (χ1) is 12.5. The van der Waals surface area contributed by atoms with E-state index in [0.717, 1.165) is 31.6 Å². The second-order valence-electron chi connectivity index (χ2n) is 6.01. The molecule has 0 aromatic carbocycles. The van der Waals surface area contributed by atoms with Crippen LogP contribution >= 0.6 is 11.6 Å². The van der Waals surface area contributed by atoms with E-state index in [9.17, 15) is 5.26 Å². The average Bonchev–Trinajstić information content (AvgIpc) is 3.19. The number of rotatable bonds is 7. The number of ether oxygens (including phenoxy) is 1. The molecule has 0 atom stereocenters. The Morgan fingerprint density at radius 3 is 3.00 bits per heavy atom. The van der Waals surface area contributed by atoms with Gasteiger partial charge in [-0.2, -0.15) is 20.0 Å². The molecule has 26 heavy (non-hydrogen) atoms. The number of nitriles is 1. The molecule has 0 amide bonds. The second kappa shape index (κ2) is 7.76. The van der Waals surface area contributed by atoms with E-state index in [-0.39, 0.29) is 11.4 Å². The van der Waals surface area contributed by atoms with Crippen LogP contribution in [0.4, 0.5) is 11.6 Å². The monoisotopic (exact) mass is 376 g/mol. The Morgan fingerprint density at radius 2 is 2.27 bits per heavy atom. The molecule has 0 bridgehead atoms. The standard InChI is InChI=1S/C16H21ClN8O/c1-10-13(17)16-21-15(12(9-18)14(19)25(16)22-10)20-5-3-11-4-6-24(23-11)7-8-26-2/h3-8,19H2,1-2H3,(H,20,21). The first-order valence-corrected chi connectivity index (χ1v) is 8.71. The lowest BCUT2D eigenvalue weighted by molar-refractivity contribution is 0.156. The summed E-state index contributed by atoms with van der Waals surface area (Å²) in [5.41, 5.74) is 8.49. The number of fused-ring (bicyclic) bond motifs is 1. The summed E-state index contributed by atoms with van der Waals surface area (Å²) in [6.45, 7) is 4.72. The number of hydrogen-bond acceptors (Lipinski definition) is 8. The molecule has 0 spiro atoms. The molecule has 9 nitrogen and oxygen atoms in total. The van der Waals surface area contributed by atoms with Crippen LogP contribution in [0.5, 0.6) is 0 Å². The lowest BCUT2D eigenvalue weighted by Crippen LogP contribution is -2.19. The first kappa shape index (κ1) is 18.2. The van der Waals surface area contributed by atoms with Crippen molar-refractivity contribution in [2.45, 2.75) is 19.8 Å². The largest absolute Gasteiger partial charge is 0.383 e. The van der Waals surface area contributed by atoms with Gasteiger partial charge < -0.3 is 15.8 Å². The summed E-state index contributed by atoms with van der Waals surface area (Å²) in [5, 5.41) is 23.8. The quantitative estimate of drug-likeness (QED) is 0.754. The van der Waals surface area contributed by atoms with Crippen LogP contribution < -0.4 is 11.1 Å². The summed E-state index contributed by atoms with van der Waals surface area (Å²) in [5.74, 6) is 0.632. The smallest absolute Gasteiger partial charge is 0.178 e. The number of methoxy groups -OCH3 is 1. The molecule has 1 aliphatic rings. The summed E-state index contributed by atoms with van der Waals surface area (Å²) in [6, 6.07) is 2.09. The molecule has 3 N–H and O–H groups in total. The number of aryl methyl sites for hydroxylation is 1. The lowest BCUT2D eigenvalue weighted by atomic mass is 10.2. The van der Waals surface area contributed by atoms with Crippen LogP contribution in [0, 0.1) is 18.3 Å². The van der Waals surface area contributed by atoms with E-state index in [0.29, 0.717) is 35.3 Å². The van der Waals surface area contributed by atoms with Crippen molar-refractivity contribution < 1.29 is 4.74 Å². The number of nitrogens with two attached hydrogens (primary N) is 1. The van der Waals surface area contributed by atoms with Crippen LogP contribution in [0.25, 0.3) is 5.65 Å². The van der Waals surface area contributed by atoms with Gasteiger partial charge in [0, 0.05) is 38.8 Å². The molecule has 3 heterocycles. The summed E-state index contributed by atoms with van der Waals surface area (Å²) in [7, 11) is 1.68. The van der Waals surface area contributed by atoms with E-state index >= 15 is 0 Å². The van der Waals surface area contributed by atoms with Gasteiger partial charge in [0.25, 0.3) is 0 Å². The Hall–Kier alpha value is -2.57. The number of nitrogen functional groups attached to an aromatic ring is 1. The topological polar surface area (TPSA) is 117 Å². The molecule has 0 unspecified atom stereocenters. The van der Waals surface area contributed by atoms with E-state index in [4.69, 9.17) is 22.1 Å². The van der Waals surface area contributed by atoms with Crippen LogP contribution in [0.3, 0.4) is 0 Å². The minimum atomic E-state index is 0.221. The maximum absolute atomic E-state index is 9.44. The van der Waals surface area contributed by atoms with Gasteiger partial charge in [-0.3, -0.25) is 5.01 Å². The van der Waals surface area contributed by atoms with Crippen molar-refractivity contribution in [1.82, 2.24) is 19.6 Å². The zero-order valence-electron chi connectivity index (χ0n) is 14.8. The van der Waals surface area contributed by atoms with Gasteiger partial charge in [-0.1, -0.05) is 11.6 Å². The SMILES string of the molecule is COCCN1CCC(CCNc2nc3c(Cl)c(C)nn3c(N)c2C#N)=N1. The van der Waals surface area contributed by atoms with Gasteiger partial charge >= 0.3 is 0 Å². The Morgan fingerprint density at radius 1 is 1.46 bits per heavy atom. The third-order valence-corrected chi connectivity index (χ3v) is 4.66. The Labute approximate surface area is 156 Å². The highest BCUT2D eigenvalue weighted by Crippen LogP contribution is 2.27.